The lowest BCUT2D eigenvalue weighted by atomic mass is 10.1. The van der Waals surface area contributed by atoms with E-state index in [4.69, 9.17) is 18.9 Å². The maximum absolute atomic E-state index is 12.1. The average molecular weight is 484 g/mol. The van der Waals surface area contributed by atoms with Crippen LogP contribution >= 0.6 is 0 Å². The van der Waals surface area contributed by atoms with Gasteiger partial charge in [-0.2, -0.15) is 5.10 Å². The number of fused-ring (bicyclic) bond motifs is 2. The van der Waals surface area contributed by atoms with Gasteiger partial charge in [0.15, 0.2) is 23.0 Å². The molecule has 0 radical (unpaired) electrons. The minimum atomic E-state index is -0.286. The van der Waals surface area contributed by atoms with E-state index in [1.165, 1.54) is 5.39 Å². The molecule has 0 atom stereocenters. The molecular weight excluding hydrogens is 458 g/mol. The molecule has 5 rings (SSSR count). The summed E-state index contributed by atoms with van der Waals surface area (Å²) in [7, 11) is 1.59. The van der Waals surface area contributed by atoms with Crippen molar-refractivity contribution < 1.29 is 23.7 Å². The van der Waals surface area contributed by atoms with Gasteiger partial charge < -0.3 is 24.3 Å². The van der Waals surface area contributed by atoms with Crippen molar-refractivity contribution in [3.05, 3.63) is 90.0 Å². The number of benzene rings is 4. The lowest BCUT2D eigenvalue weighted by molar-refractivity contribution is -0.119. The van der Waals surface area contributed by atoms with Crippen molar-refractivity contribution in [1.29, 1.82) is 0 Å². The standard InChI is InChI=1S/C28H25N3O5/c1-33-26-13-19(9-11-24(26)34-17-21-7-4-6-20-5-2-3-8-23(20)21)15-30-31-28(32)16-29-22-10-12-25-27(14-22)36-18-35-25/h2-15,29H,16-18H2,1H3,(H,31,32)/b30-15-. The number of methoxy groups -OCH3 is 1. The Morgan fingerprint density at radius 3 is 2.75 bits per heavy atom. The van der Waals surface area contributed by atoms with Crippen LogP contribution in [0.2, 0.25) is 0 Å². The lowest BCUT2D eigenvalue weighted by Gasteiger charge is -2.12. The molecule has 8 heteroatoms. The molecule has 8 nitrogen and oxygen atoms in total. The smallest absolute Gasteiger partial charge is 0.259 e. The second kappa shape index (κ2) is 10.7. The highest BCUT2D eigenvalue weighted by molar-refractivity contribution is 5.86. The Kier molecular flexibility index (Phi) is 6.84. The first-order valence-electron chi connectivity index (χ1n) is 11.4. The van der Waals surface area contributed by atoms with Crippen molar-refractivity contribution in [2.45, 2.75) is 6.61 Å². The van der Waals surface area contributed by atoms with Crippen LogP contribution in [0.15, 0.2) is 84.0 Å². The summed E-state index contributed by atoms with van der Waals surface area (Å²) < 4.78 is 22.2. The number of carbonyl (C=O) groups excluding carboxylic acids is 1. The van der Waals surface area contributed by atoms with E-state index < -0.39 is 0 Å². The maximum Gasteiger partial charge on any atom is 0.259 e. The van der Waals surface area contributed by atoms with E-state index in [9.17, 15) is 4.79 Å². The van der Waals surface area contributed by atoms with Crippen molar-refractivity contribution in [2.24, 2.45) is 5.10 Å². The number of hydrazone groups is 1. The summed E-state index contributed by atoms with van der Waals surface area (Å²) in [5.74, 6) is 2.26. The second-order valence-corrected chi connectivity index (χ2v) is 8.05. The molecule has 182 valence electrons. The van der Waals surface area contributed by atoms with E-state index in [0.29, 0.717) is 29.6 Å². The second-order valence-electron chi connectivity index (χ2n) is 8.05. The summed E-state index contributed by atoms with van der Waals surface area (Å²) in [6.45, 7) is 0.676. The zero-order valence-electron chi connectivity index (χ0n) is 19.7. The highest BCUT2D eigenvalue weighted by atomic mass is 16.7. The predicted molar refractivity (Wildman–Crippen MR) is 138 cm³/mol. The van der Waals surface area contributed by atoms with E-state index in [-0.39, 0.29) is 19.2 Å². The van der Waals surface area contributed by atoms with E-state index >= 15 is 0 Å². The Morgan fingerprint density at radius 2 is 1.83 bits per heavy atom. The summed E-state index contributed by atoms with van der Waals surface area (Å²) in [6.07, 6.45) is 1.55. The van der Waals surface area contributed by atoms with Gasteiger partial charge in [-0.25, -0.2) is 5.43 Å². The summed E-state index contributed by atoms with van der Waals surface area (Å²) >= 11 is 0. The van der Waals surface area contributed by atoms with Crippen LogP contribution in [0.5, 0.6) is 23.0 Å². The van der Waals surface area contributed by atoms with Gasteiger partial charge in [0.25, 0.3) is 5.91 Å². The van der Waals surface area contributed by atoms with Crippen molar-refractivity contribution in [3.63, 3.8) is 0 Å². The number of nitrogens with zero attached hydrogens (tertiary/aromatic N) is 1. The molecule has 2 N–H and O–H groups in total. The molecular formula is C28H25N3O5. The Balaban J connectivity index is 1.15. The topological polar surface area (TPSA) is 90.4 Å². The molecule has 0 saturated heterocycles. The fourth-order valence-corrected chi connectivity index (χ4v) is 3.86. The molecule has 0 aliphatic carbocycles. The number of ether oxygens (including phenoxy) is 4. The van der Waals surface area contributed by atoms with Gasteiger partial charge >= 0.3 is 0 Å². The van der Waals surface area contributed by atoms with Crippen LogP contribution in [0.25, 0.3) is 10.8 Å². The largest absolute Gasteiger partial charge is 0.493 e. The van der Waals surface area contributed by atoms with Crippen LogP contribution in [0, 0.1) is 0 Å². The lowest BCUT2D eigenvalue weighted by Crippen LogP contribution is -2.25. The van der Waals surface area contributed by atoms with E-state index in [1.54, 1.807) is 31.5 Å². The van der Waals surface area contributed by atoms with E-state index in [0.717, 1.165) is 22.2 Å². The molecule has 1 aliphatic rings. The van der Waals surface area contributed by atoms with Crippen LogP contribution in [-0.2, 0) is 11.4 Å². The third-order valence-electron chi connectivity index (χ3n) is 5.68. The SMILES string of the molecule is COc1cc(/C=N\NC(=O)CNc2ccc3c(c2)OCO3)ccc1OCc1cccc2ccccc12. The van der Waals surface area contributed by atoms with Crippen molar-refractivity contribution in [1.82, 2.24) is 5.43 Å². The molecule has 36 heavy (non-hydrogen) atoms. The molecule has 0 unspecified atom stereocenters. The van der Waals surface area contributed by atoms with Crippen LogP contribution < -0.4 is 29.7 Å². The first-order valence-corrected chi connectivity index (χ1v) is 11.4. The van der Waals surface area contributed by atoms with Gasteiger partial charge in [-0.3, -0.25) is 4.79 Å². The monoisotopic (exact) mass is 483 g/mol. The molecule has 1 aliphatic heterocycles. The highest BCUT2D eigenvalue weighted by Crippen LogP contribution is 2.34. The Labute approximate surface area is 208 Å². The molecule has 4 aromatic carbocycles. The molecule has 0 bridgehead atoms. The van der Waals surface area contributed by atoms with Crippen molar-refractivity contribution >= 4 is 28.6 Å². The Bertz CT molecular complexity index is 1410. The third-order valence-corrected chi connectivity index (χ3v) is 5.68. The minimum Gasteiger partial charge on any atom is -0.493 e. The predicted octanol–water partition coefficient (Wildman–Crippen LogP) is 4.72. The first-order chi connectivity index (χ1) is 17.7. The Morgan fingerprint density at radius 1 is 0.972 bits per heavy atom. The molecule has 1 heterocycles. The van der Waals surface area contributed by atoms with Crippen LogP contribution in [0.3, 0.4) is 0 Å². The van der Waals surface area contributed by atoms with Gasteiger partial charge in [0.05, 0.1) is 19.9 Å². The molecule has 4 aromatic rings. The number of anilines is 1. The number of rotatable bonds is 9. The fourth-order valence-electron chi connectivity index (χ4n) is 3.86. The van der Waals surface area contributed by atoms with Crippen molar-refractivity contribution in [3.8, 4) is 23.0 Å². The summed E-state index contributed by atoms with van der Waals surface area (Å²) in [5, 5.41) is 9.40. The molecule has 0 aromatic heterocycles. The van der Waals surface area contributed by atoms with E-state index in [1.807, 2.05) is 36.4 Å². The maximum atomic E-state index is 12.1. The summed E-state index contributed by atoms with van der Waals surface area (Å²) in [4.78, 5) is 12.1. The van der Waals surface area contributed by atoms with Gasteiger partial charge in [-0.05, 0) is 52.2 Å². The van der Waals surface area contributed by atoms with Crippen LogP contribution in [-0.4, -0.2) is 32.6 Å². The average Bonchev–Trinajstić information content (AvgIpc) is 3.39. The van der Waals surface area contributed by atoms with Gasteiger partial charge in [-0.1, -0.05) is 42.5 Å². The number of amides is 1. The number of carbonyl (C=O) groups is 1. The van der Waals surface area contributed by atoms with Crippen molar-refractivity contribution in [2.75, 3.05) is 25.8 Å². The van der Waals surface area contributed by atoms with E-state index in [2.05, 4.69) is 40.1 Å². The highest BCUT2D eigenvalue weighted by Gasteiger charge is 2.13. The first kappa shape index (κ1) is 23.0. The summed E-state index contributed by atoms with van der Waals surface area (Å²) in [6, 6.07) is 25.3. The zero-order valence-corrected chi connectivity index (χ0v) is 19.7. The van der Waals surface area contributed by atoms with Crippen LogP contribution in [0.4, 0.5) is 5.69 Å². The molecule has 0 spiro atoms. The fraction of sp³-hybridized carbons (Fsp3) is 0.143. The minimum absolute atomic E-state index is 0.0568. The van der Waals surface area contributed by atoms with Gasteiger partial charge in [-0.15, -0.1) is 0 Å². The third kappa shape index (κ3) is 5.33. The van der Waals surface area contributed by atoms with Gasteiger partial charge in [0.2, 0.25) is 6.79 Å². The summed E-state index contributed by atoms with van der Waals surface area (Å²) in [5.41, 5.74) is 5.11. The number of hydrogen-bond acceptors (Lipinski definition) is 7. The zero-order chi connectivity index (χ0) is 24.7. The van der Waals surface area contributed by atoms with Gasteiger partial charge in [0.1, 0.15) is 6.61 Å². The number of hydrogen-bond donors (Lipinski definition) is 2. The molecule has 0 fully saturated rings. The Hall–Kier alpha value is -4.72. The molecule has 0 saturated carbocycles. The molecule has 1 amide bonds. The van der Waals surface area contributed by atoms with Crippen LogP contribution in [0.1, 0.15) is 11.1 Å². The van der Waals surface area contributed by atoms with Gasteiger partial charge in [0, 0.05) is 11.8 Å². The quantitative estimate of drug-likeness (QED) is 0.265. The number of nitrogens with one attached hydrogen (secondary N) is 2. The normalized spacial score (nSPS) is 12.0.